The van der Waals surface area contributed by atoms with E-state index in [9.17, 15) is 41.0 Å². The van der Waals surface area contributed by atoms with Crippen LogP contribution in [0.25, 0.3) is 0 Å². The van der Waals surface area contributed by atoms with Crippen molar-refractivity contribution in [3.05, 3.63) is 52.6 Å². The molecule has 2 atom stereocenters. The monoisotopic (exact) mass is 564 g/mol. The van der Waals surface area contributed by atoms with Crippen molar-refractivity contribution < 1.29 is 55.2 Å². The Hall–Kier alpha value is -3.84. The summed E-state index contributed by atoms with van der Waals surface area (Å²) in [6.45, 7) is 1.36. The molecule has 2 N–H and O–H groups in total. The van der Waals surface area contributed by atoms with Crippen LogP contribution in [0.3, 0.4) is 0 Å². The van der Waals surface area contributed by atoms with E-state index in [1.807, 2.05) is 0 Å². The number of ether oxygens (including phenoxy) is 3. The van der Waals surface area contributed by atoms with Crippen molar-refractivity contribution in [2.24, 2.45) is 0 Å². The van der Waals surface area contributed by atoms with Gasteiger partial charge in [0.2, 0.25) is 0 Å². The van der Waals surface area contributed by atoms with Crippen molar-refractivity contribution in [3.8, 4) is 11.5 Å². The number of hydrogen-bond donors (Lipinski definition) is 2. The number of fused-ring (bicyclic) bond motifs is 1. The van der Waals surface area contributed by atoms with Crippen molar-refractivity contribution in [2.75, 3.05) is 25.7 Å². The molecule has 0 aromatic heterocycles. The van der Waals surface area contributed by atoms with Crippen LogP contribution in [0.5, 0.6) is 11.5 Å². The Labute approximate surface area is 219 Å². The highest BCUT2D eigenvalue weighted by atomic mass is 19.4. The number of benzene rings is 2. The smallest absolute Gasteiger partial charge is 0.416 e. The van der Waals surface area contributed by atoms with E-state index in [1.165, 1.54) is 26.4 Å². The van der Waals surface area contributed by atoms with Crippen LogP contribution in [-0.4, -0.2) is 44.2 Å². The first-order chi connectivity index (χ1) is 18.1. The summed E-state index contributed by atoms with van der Waals surface area (Å²) < 4.78 is 93.9. The number of nitrogens with one attached hydrogen (secondary N) is 1. The summed E-state index contributed by atoms with van der Waals surface area (Å²) >= 11 is 0. The van der Waals surface area contributed by atoms with Gasteiger partial charge < -0.3 is 24.6 Å². The highest BCUT2D eigenvalue weighted by Crippen LogP contribution is 2.43. The third-order valence-electron chi connectivity index (χ3n) is 6.17. The van der Waals surface area contributed by atoms with Crippen LogP contribution < -0.4 is 19.7 Å². The van der Waals surface area contributed by atoms with Gasteiger partial charge in [-0.2, -0.15) is 26.3 Å². The van der Waals surface area contributed by atoms with Gasteiger partial charge in [-0.1, -0.05) is 0 Å². The first-order valence-electron chi connectivity index (χ1n) is 11.7. The standard InChI is InChI=1S/C25H26F6N2O6/c1-13-7-18(17-11-20(37-2)21(38-3)12-19(17)33(13)23(35)36)32-22(34)39-6-4-5-14-8-15(24(26,27)28)10-16(9-14)25(29,30)31/h8-13,18H,4-7H2,1-3H3,(H,32,34)(H,35,36)/t13-,18+/m1/s1. The molecule has 0 bridgehead atoms. The number of methoxy groups -OCH3 is 2. The second kappa shape index (κ2) is 11.5. The molecule has 0 saturated heterocycles. The summed E-state index contributed by atoms with van der Waals surface area (Å²) in [5.41, 5.74) is -2.34. The number of halogens is 6. The minimum atomic E-state index is -4.96. The molecule has 1 aliphatic rings. The summed E-state index contributed by atoms with van der Waals surface area (Å²) in [6.07, 6.45) is -12.1. The predicted molar refractivity (Wildman–Crippen MR) is 126 cm³/mol. The number of alkyl carbamates (subject to hydrolysis) is 1. The second-order valence-corrected chi connectivity index (χ2v) is 8.85. The lowest BCUT2D eigenvalue weighted by atomic mass is 9.91. The van der Waals surface area contributed by atoms with E-state index >= 15 is 0 Å². The Balaban J connectivity index is 1.69. The van der Waals surface area contributed by atoms with Gasteiger partial charge in [0.05, 0.1) is 43.7 Å². The van der Waals surface area contributed by atoms with Gasteiger partial charge in [-0.3, -0.25) is 4.90 Å². The Bertz CT molecular complexity index is 1180. The quantitative estimate of drug-likeness (QED) is 0.298. The van der Waals surface area contributed by atoms with Crippen LogP contribution in [0.15, 0.2) is 30.3 Å². The van der Waals surface area contributed by atoms with Gasteiger partial charge in [0, 0.05) is 17.7 Å². The summed E-state index contributed by atoms with van der Waals surface area (Å²) in [7, 11) is 2.78. The molecular formula is C25H26F6N2O6. The maximum absolute atomic E-state index is 13.0. The van der Waals surface area contributed by atoms with Crippen molar-refractivity contribution in [1.29, 1.82) is 0 Å². The average molecular weight is 564 g/mol. The third kappa shape index (κ3) is 6.98. The normalized spacial score (nSPS) is 17.3. The number of aryl methyl sites for hydroxylation is 1. The number of nitrogens with zero attached hydrogens (tertiary/aromatic N) is 1. The molecule has 2 aromatic rings. The molecular weight excluding hydrogens is 538 g/mol. The lowest BCUT2D eigenvalue weighted by molar-refractivity contribution is -0.143. The summed E-state index contributed by atoms with van der Waals surface area (Å²) in [5.74, 6) is 0.580. The molecule has 214 valence electrons. The van der Waals surface area contributed by atoms with Crippen LogP contribution in [0.4, 0.5) is 41.6 Å². The lowest BCUT2D eigenvalue weighted by Gasteiger charge is -2.38. The van der Waals surface area contributed by atoms with E-state index in [2.05, 4.69) is 5.32 Å². The van der Waals surface area contributed by atoms with Crippen LogP contribution in [0.2, 0.25) is 0 Å². The van der Waals surface area contributed by atoms with Crippen molar-refractivity contribution in [3.63, 3.8) is 0 Å². The lowest BCUT2D eigenvalue weighted by Crippen LogP contribution is -2.46. The molecule has 3 rings (SSSR count). The molecule has 0 unspecified atom stereocenters. The minimum Gasteiger partial charge on any atom is -0.493 e. The van der Waals surface area contributed by atoms with Gasteiger partial charge in [-0.15, -0.1) is 0 Å². The Morgan fingerprint density at radius 1 is 0.974 bits per heavy atom. The van der Waals surface area contributed by atoms with E-state index in [0.717, 1.165) is 4.90 Å². The van der Waals surface area contributed by atoms with Crippen molar-refractivity contribution in [2.45, 2.75) is 50.6 Å². The van der Waals surface area contributed by atoms with Crippen molar-refractivity contribution in [1.82, 2.24) is 5.32 Å². The molecule has 1 heterocycles. The van der Waals surface area contributed by atoms with Crippen LogP contribution in [0.1, 0.15) is 48.1 Å². The Morgan fingerprint density at radius 2 is 1.54 bits per heavy atom. The SMILES string of the molecule is COc1cc2c(cc1OC)N(C(=O)O)[C@H](C)C[C@@H]2NC(=O)OCCCc1cc(C(F)(F)F)cc(C(F)(F)F)c1. The molecule has 0 spiro atoms. The van der Waals surface area contributed by atoms with E-state index in [1.54, 1.807) is 6.92 Å². The minimum absolute atomic E-state index is 0.0402. The van der Waals surface area contributed by atoms with Gasteiger partial charge >= 0.3 is 24.5 Å². The Kier molecular flexibility index (Phi) is 8.76. The van der Waals surface area contributed by atoms with Gasteiger partial charge in [0.15, 0.2) is 11.5 Å². The molecule has 2 aromatic carbocycles. The number of hydrogen-bond acceptors (Lipinski definition) is 5. The van der Waals surface area contributed by atoms with E-state index in [-0.39, 0.29) is 48.9 Å². The van der Waals surface area contributed by atoms with Crippen LogP contribution in [0, 0.1) is 0 Å². The summed E-state index contributed by atoms with van der Waals surface area (Å²) in [6, 6.07) is 3.09. The maximum atomic E-state index is 13.0. The van der Waals surface area contributed by atoms with Gasteiger partial charge in [-0.05, 0) is 56.0 Å². The molecule has 0 radical (unpaired) electrons. The van der Waals surface area contributed by atoms with E-state index < -0.39 is 47.7 Å². The zero-order chi connectivity index (χ0) is 29.1. The van der Waals surface area contributed by atoms with Crippen LogP contribution in [-0.2, 0) is 23.5 Å². The number of carbonyl (C=O) groups is 2. The number of carboxylic acid groups (broad SMARTS) is 1. The number of carbonyl (C=O) groups excluding carboxylic acids is 1. The average Bonchev–Trinajstić information content (AvgIpc) is 2.84. The third-order valence-corrected chi connectivity index (χ3v) is 6.17. The molecule has 2 amide bonds. The van der Waals surface area contributed by atoms with E-state index in [0.29, 0.717) is 23.4 Å². The number of anilines is 1. The fourth-order valence-electron chi connectivity index (χ4n) is 4.40. The molecule has 1 aliphatic heterocycles. The highest BCUT2D eigenvalue weighted by molar-refractivity contribution is 5.90. The molecule has 14 heteroatoms. The maximum Gasteiger partial charge on any atom is 0.416 e. The van der Waals surface area contributed by atoms with Gasteiger partial charge in [-0.25, -0.2) is 9.59 Å². The summed E-state index contributed by atoms with van der Waals surface area (Å²) in [5, 5.41) is 12.3. The molecule has 0 saturated carbocycles. The highest BCUT2D eigenvalue weighted by Gasteiger charge is 2.38. The zero-order valence-corrected chi connectivity index (χ0v) is 21.1. The molecule has 8 nitrogen and oxygen atoms in total. The first-order valence-corrected chi connectivity index (χ1v) is 11.7. The fourth-order valence-corrected chi connectivity index (χ4v) is 4.40. The number of alkyl halides is 6. The summed E-state index contributed by atoms with van der Waals surface area (Å²) in [4.78, 5) is 25.5. The molecule has 0 aliphatic carbocycles. The van der Waals surface area contributed by atoms with Crippen LogP contribution >= 0.6 is 0 Å². The zero-order valence-electron chi connectivity index (χ0n) is 21.1. The topological polar surface area (TPSA) is 97.3 Å². The number of rotatable bonds is 7. The number of amides is 2. The van der Waals surface area contributed by atoms with Gasteiger partial charge in [0.1, 0.15) is 0 Å². The Morgan fingerprint density at radius 3 is 2.05 bits per heavy atom. The largest absolute Gasteiger partial charge is 0.493 e. The predicted octanol–water partition coefficient (Wildman–Crippen LogP) is 6.42. The fraction of sp³-hybridized carbons (Fsp3) is 0.440. The first kappa shape index (κ1) is 29.7. The molecule has 39 heavy (non-hydrogen) atoms. The van der Waals surface area contributed by atoms with E-state index in [4.69, 9.17) is 14.2 Å². The second-order valence-electron chi connectivity index (χ2n) is 8.85. The molecule has 0 fully saturated rings. The van der Waals surface area contributed by atoms with Crippen molar-refractivity contribution >= 4 is 17.9 Å². The van der Waals surface area contributed by atoms with Gasteiger partial charge in [0.25, 0.3) is 0 Å².